The van der Waals surface area contributed by atoms with E-state index in [1.165, 1.54) is 0 Å². The summed E-state index contributed by atoms with van der Waals surface area (Å²) in [4.78, 5) is 2.12. The lowest BCUT2D eigenvalue weighted by Gasteiger charge is -2.42. The van der Waals surface area contributed by atoms with Crippen LogP contribution in [0.15, 0.2) is 18.2 Å². The minimum atomic E-state index is -0.628. The molecule has 2 atom stereocenters. The van der Waals surface area contributed by atoms with Crippen LogP contribution in [0.2, 0.25) is 0 Å². The zero-order valence-corrected chi connectivity index (χ0v) is 15.0. The number of halogens is 1. The smallest absolute Gasteiger partial charge is 0.131 e. The molecule has 1 aliphatic rings. The molecule has 0 saturated heterocycles. The topological polar surface area (TPSA) is 56.5 Å². The van der Waals surface area contributed by atoms with Gasteiger partial charge < -0.3 is 14.7 Å². The molecule has 0 aromatic heterocycles. The van der Waals surface area contributed by atoms with Gasteiger partial charge in [0.25, 0.3) is 0 Å². The maximum atomic E-state index is 10.6. The van der Waals surface area contributed by atoms with E-state index < -0.39 is 11.7 Å². The average Bonchev–Trinajstić information content (AvgIpc) is 2.42. The largest absolute Gasteiger partial charge is 0.485 e. The van der Waals surface area contributed by atoms with Crippen LogP contribution in [0.5, 0.6) is 5.75 Å². The third-order valence-electron chi connectivity index (χ3n) is 3.65. The number of rotatable bonds is 4. The quantitative estimate of drug-likeness (QED) is 0.911. The predicted octanol–water partition coefficient (Wildman–Crippen LogP) is 2.85. The number of hydrogen-bond acceptors (Lipinski definition) is 5. The maximum Gasteiger partial charge on any atom is 0.131 e. The third-order valence-corrected chi connectivity index (χ3v) is 4.94. The molecule has 1 aliphatic heterocycles. The van der Waals surface area contributed by atoms with Crippen molar-refractivity contribution in [3.05, 3.63) is 29.3 Å². The van der Waals surface area contributed by atoms with Crippen molar-refractivity contribution in [2.24, 2.45) is 0 Å². The average molecular weight is 343 g/mol. The van der Waals surface area contributed by atoms with Crippen molar-refractivity contribution >= 4 is 24.2 Å². The first-order chi connectivity index (χ1) is 9.85. The van der Waals surface area contributed by atoms with Gasteiger partial charge in [-0.3, -0.25) is 0 Å². The highest BCUT2D eigenvalue weighted by Gasteiger charge is 2.43. The van der Waals surface area contributed by atoms with Crippen LogP contribution in [0.25, 0.3) is 0 Å². The second-order valence-electron chi connectivity index (χ2n) is 6.11. The predicted molar refractivity (Wildman–Crippen MR) is 92.9 cm³/mol. The van der Waals surface area contributed by atoms with E-state index in [4.69, 9.17) is 10.00 Å². The van der Waals surface area contributed by atoms with Gasteiger partial charge in [0.05, 0.1) is 16.9 Å². The first kappa shape index (κ1) is 19.1. The number of benzene rings is 1. The molecule has 0 radical (unpaired) electrons. The Morgan fingerprint density at radius 2 is 2.09 bits per heavy atom. The van der Waals surface area contributed by atoms with E-state index in [2.05, 4.69) is 11.0 Å². The summed E-state index contributed by atoms with van der Waals surface area (Å²) in [5.74, 6) is 1.69. The maximum absolute atomic E-state index is 10.6. The molecule has 22 heavy (non-hydrogen) atoms. The van der Waals surface area contributed by atoms with Crippen molar-refractivity contribution in [2.75, 3.05) is 26.4 Å². The van der Waals surface area contributed by atoms with Crippen LogP contribution in [-0.4, -0.2) is 48.1 Å². The molecule has 1 aromatic rings. The van der Waals surface area contributed by atoms with Gasteiger partial charge in [0, 0.05) is 17.9 Å². The van der Waals surface area contributed by atoms with E-state index in [0.717, 1.165) is 23.6 Å². The third kappa shape index (κ3) is 4.08. The second-order valence-corrected chi connectivity index (χ2v) is 7.36. The molecule has 2 rings (SSSR count). The number of ether oxygens (including phenoxy) is 1. The number of nitrogens with zero attached hydrogens (tertiary/aromatic N) is 2. The first-order valence-corrected chi connectivity index (χ1v) is 8.07. The fourth-order valence-corrected chi connectivity index (χ4v) is 3.95. The van der Waals surface area contributed by atoms with Gasteiger partial charge in [0.1, 0.15) is 17.5 Å². The zero-order chi connectivity index (χ0) is 15.6. The van der Waals surface area contributed by atoms with Crippen LogP contribution in [0.3, 0.4) is 0 Å². The molecule has 4 nitrogen and oxygen atoms in total. The van der Waals surface area contributed by atoms with Crippen LogP contribution >= 0.6 is 24.2 Å². The van der Waals surface area contributed by atoms with Crippen molar-refractivity contribution in [1.29, 1.82) is 5.26 Å². The number of aliphatic hydroxyl groups excluding tert-OH is 1. The Morgan fingerprint density at radius 1 is 1.41 bits per heavy atom. The lowest BCUT2D eigenvalue weighted by Crippen LogP contribution is -2.48. The lowest BCUT2D eigenvalue weighted by molar-refractivity contribution is -0.0429. The number of aliphatic hydroxyl groups is 1. The molecule has 0 amide bonds. The normalized spacial score (nSPS) is 22.2. The van der Waals surface area contributed by atoms with Crippen molar-refractivity contribution in [3.63, 3.8) is 0 Å². The molecular formula is C16H23ClN2O2S. The van der Waals surface area contributed by atoms with Gasteiger partial charge in [-0.2, -0.15) is 5.26 Å². The molecule has 0 saturated carbocycles. The van der Waals surface area contributed by atoms with E-state index in [-0.39, 0.29) is 17.7 Å². The van der Waals surface area contributed by atoms with Crippen molar-refractivity contribution in [1.82, 2.24) is 4.90 Å². The Balaban J connectivity index is 0.00000242. The summed E-state index contributed by atoms with van der Waals surface area (Å²) < 4.78 is 5.91. The number of thioether (sulfide) groups is 1. The molecule has 0 aliphatic carbocycles. The number of fused-ring (bicyclic) bond motifs is 1. The van der Waals surface area contributed by atoms with Crippen LogP contribution < -0.4 is 4.74 Å². The molecule has 6 heteroatoms. The molecule has 0 unspecified atom stereocenters. The molecule has 1 aromatic carbocycles. The van der Waals surface area contributed by atoms with Crippen molar-refractivity contribution in [3.8, 4) is 11.8 Å². The molecular weight excluding hydrogens is 320 g/mol. The van der Waals surface area contributed by atoms with E-state index in [1.807, 2.05) is 40.1 Å². The Morgan fingerprint density at radius 3 is 2.68 bits per heavy atom. The first-order valence-electron chi connectivity index (χ1n) is 7.02. The fourth-order valence-electron chi connectivity index (χ4n) is 2.35. The minimum absolute atomic E-state index is 0. The molecule has 1 N–H and O–H groups in total. The summed E-state index contributed by atoms with van der Waals surface area (Å²) in [7, 11) is 4.07. The Kier molecular flexibility index (Phi) is 6.57. The van der Waals surface area contributed by atoms with E-state index in [1.54, 1.807) is 17.8 Å². The van der Waals surface area contributed by atoms with Gasteiger partial charge >= 0.3 is 0 Å². The molecule has 0 bridgehead atoms. The summed E-state index contributed by atoms with van der Waals surface area (Å²) in [6.45, 7) is 4.75. The van der Waals surface area contributed by atoms with Gasteiger partial charge in [0.2, 0.25) is 0 Å². The summed E-state index contributed by atoms with van der Waals surface area (Å²) >= 11 is 1.72. The highest BCUT2D eigenvalue weighted by molar-refractivity contribution is 7.99. The molecule has 122 valence electrons. The van der Waals surface area contributed by atoms with Gasteiger partial charge in [-0.1, -0.05) is 0 Å². The van der Waals surface area contributed by atoms with Gasteiger partial charge in [-0.15, -0.1) is 24.2 Å². The second kappa shape index (κ2) is 7.56. The lowest BCUT2D eigenvalue weighted by atomic mass is 9.90. The molecule has 1 heterocycles. The number of hydrogen-bond donors (Lipinski definition) is 1. The van der Waals surface area contributed by atoms with Crippen LogP contribution in [0.1, 0.15) is 30.2 Å². The standard InChI is InChI=1S/C16H22N2O2S.ClH/c1-16(2)15(19)14(21-8-7-18(3)4)12-9-11(10-17)5-6-13(12)20-16;/h5-6,9,14-15,19H,7-8H2,1-4H3;1H/t14-,15+;/m0./s1. The van der Waals surface area contributed by atoms with Crippen molar-refractivity contribution in [2.45, 2.75) is 30.8 Å². The summed E-state index contributed by atoms with van der Waals surface area (Å²) in [6, 6.07) is 7.58. The van der Waals surface area contributed by atoms with E-state index in [9.17, 15) is 5.11 Å². The Labute approximate surface area is 142 Å². The zero-order valence-electron chi connectivity index (χ0n) is 13.4. The van der Waals surface area contributed by atoms with E-state index in [0.29, 0.717) is 5.56 Å². The summed E-state index contributed by atoms with van der Waals surface area (Å²) in [5.41, 5.74) is 0.892. The monoisotopic (exact) mass is 342 g/mol. The Bertz CT molecular complexity index is 558. The highest BCUT2D eigenvalue weighted by atomic mass is 35.5. The minimum Gasteiger partial charge on any atom is -0.485 e. The van der Waals surface area contributed by atoms with Crippen LogP contribution in [0.4, 0.5) is 0 Å². The Hall–Kier alpha value is -0.930. The van der Waals surface area contributed by atoms with E-state index >= 15 is 0 Å². The SMILES string of the molecule is CN(C)CCS[C@H]1c2cc(C#N)ccc2OC(C)(C)[C@@H]1O.Cl. The van der Waals surface area contributed by atoms with Crippen molar-refractivity contribution < 1.29 is 9.84 Å². The van der Waals surface area contributed by atoms with Crippen LogP contribution in [0, 0.1) is 11.3 Å². The van der Waals surface area contributed by atoms with Crippen LogP contribution in [-0.2, 0) is 0 Å². The summed E-state index contributed by atoms with van der Waals surface area (Å²) in [5, 5.41) is 19.6. The number of nitriles is 1. The highest BCUT2D eigenvalue weighted by Crippen LogP contribution is 2.46. The molecule has 0 spiro atoms. The van der Waals surface area contributed by atoms with Gasteiger partial charge in [0.15, 0.2) is 0 Å². The molecule has 0 fully saturated rings. The summed E-state index contributed by atoms with van der Waals surface area (Å²) in [6.07, 6.45) is -0.605. The van der Waals surface area contributed by atoms with Gasteiger partial charge in [-0.25, -0.2) is 0 Å². The fraction of sp³-hybridized carbons (Fsp3) is 0.562. The van der Waals surface area contributed by atoms with Gasteiger partial charge in [-0.05, 0) is 46.1 Å².